The van der Waals surface area contributed by atoms with Gasteiger partial charge in [-0.25, -0.2) is 8.42 Å². The van der Waals surface area contributed by atoms with Crippen molar-refractivity contribution in [1.29, 1.82) is 0 Å². The van der Waals surface area contributed by atoms with Crippen LogP contribution in [0.4, 0.5) is 12.9 Å². The first kappa shape index (κ1) is 18.1. The maximum atomic E-state index is 12.3. The summed E-state index contributed by atoms with van der Waals surface area (Å²) in [7, 11) is -3.08. The van der Waals surface area contributed by atoms with Gasteiger partial charge in [0.15, 0.2) is 9.84 Å². The van der Waals surface area contributed by atoms with Gasteiger partial charge in [-0.2, -0.15) is 0 Å². The quantitative estimate of drug-likeness (QED) is 0.568. The molecule has 1 aliphatic rings. The third-order valence-electron chi connectivity index (χ3n) is 2.68. The molecule has 9 heteroatoms. The van der Waals surface area contributed by atoms with Gasteiger partial charge in [0, 0.05) is 12.6 Å². The summed E-state index contributed by atoms with van der Waals surface area (Å²) in [5.41, 5.74) is -0.772. The summed E-state index contributed by atoms with van der Waals surface area (Å²) >= 11 is 0. The maximum Gasteiger partial charge on any atom is 1.00 e. The van der Waals surface area contributed by atoms with E-state index in [2.05, 4.69) is 6.58 Å². The fourth-order valence-electron chi connectivity index (χ4n) is 1.63. The van der Waals surface area contributed by atoms with Crippen LogP contribution in [-0.4, -0.2) is 50.9 Å². The van der Waals surface area contributed by atoms with Crippen LogP contribution in [0.25, 0.3) is 0 Å². The molecule has 1 fully saturated rings. The van der Waals surface area contributed by atoms with E-state index in [0.29, 0.717) is 0 Å². The molecule has 17 heavy (non-hydrogen) atoms. The van der Waals surface area contributed by atoms with E-state index < -0.39 is 22.3 Å². The Morgan fingerprint density at radius 3 is 2.41 bits per heavy atom. The van der Waals surface area contributed by atoms with Crippen LogP contribution < -0.4 is 51.4 Å². The fraction of sp³-hybridized carbons (Fsp3) is 0.750. The molecule has 0 N–H and O–H groups in total. The average Bonchev–Trinajstić information content (AvgIpc) is 2.07. The second kappa shape index (κ2) is 6.54. The van der Waals surface area contributed by atoms with Crippen LogP contribution in [0, 0.1) is 0 Å². The van der Waals surface area contributed by atoms with Crippen LogP contribution in [0.5, 0.6) is 0 Å². The smallest absolute Gasteiger partial charge is 0.445 e. The Labute approximate surface area is 142 Å². The molecule has 1 saturated heterocycles. The van der Waals surface area contributed by atoms with Gasteiger partial charge in [0.1, 0.15) is 0 Å². The minimum atomic E-state index is -5.03. The van der Waals surface area contributed by atoms with E-state index in [1.807, 2.05) is 0 Å². The van der Waals surface area contributed by atoms with E-state index in [4.69, 9.17) is 0 Å². The zero-order valence-corrected chi connectivity index (χ0v) is 13.9. The second-order valence-electron chi connectivity index (χ2n) is 4.17. The zero-order valence-electron chi connectivity index (χ0n) is 10.00. The molecule has 0 aromatic carbocycles. The Balaban J connectivity index is 0.00000256. The molecule has 0 aromatic rings. The van der Waals surface area contributed by atoms with Crippen molar-refractivity contribution < 1.29 is 72.7 Å². The van der Waals surface area contributed by atoms with E-state index in [9.17, 15) is 21.4 Å². The Kier molecular flexibility index (Phi) is 6.97. The minimum absolute atomic E-state index is 0. The van der Waals surface area contributed by atoms with Gasteiger partial charge in [-0.05, 0) is 13.5 Å². The maximum absolute atomic E-state index is 12.3. The van der Waals surface area contributed by atoms with Crippen LogP contribution in [-0.2, 0) is 9.84 Å². The summed E-state index contributed by atoms with van der Waals surface area (Å²) in [5.74, 6) is -0.152. The first-order valence-corrected chi connectivity index (χ1v) is 6.76. The normalized spacial score (nSPS) is 25.1. The molecule has 0 saturated carbocycles. The topological polar surface area (TPSA) is 37.4 Å². The third-order valence-corrected chi connectivity index (χ3v) is 4.47. The Morgan fingerprint density at radius 2 is 2.00 bits per heavy atom. The predicted octanol–water partition coefficient (Wildman–Crippen LogP) is -1.95. The molecule has 1 unspecified atom stereocenters. The van der Waals surface area contributed by atoms with E-state index in [0.717, 1.165) is 0 Å². The van der Waals surface area contributed by atoms with E-state index in [1.165, 1.54) is 4.90 Å². The number of sulfone groups is 1. The van der Waals surface area contributed by atoms with Crippen molar-refractivity contribution in [2.75, 3.05) is 24.6 Å². The summed E-state index contributed by atoms with van der Waals surface area (Å²) in [5, 5.41) is 0. The molecule has 94 valence electrons. The molecule has 1 rings (SSSR count). The van der Waals surface area contributed by atoms with Crippen molar-refractivity contribution in [1.82, 2.24) is 4.90 Å². The summed E-state index contributed by atoms with van der Waals surface area (Å²) in [6.45, 7) is -0.555. The number of halogens is 3. The summed E-state index contributed by atoms with van der Waals surface area (Å²) in [6.07, 6.45) is 0. The van der Waals surface area contributed by atoms with Crippen LogP contribution >= 0.6 is 0 Å². The molecule has 1 heterocycles. The summed E-state index contributed by atoms with van der Waals surface area (Å²) in [6, 6.07) is -0.381. The van der Waals surface area contributed by atoms with Gasteiger partial charge in [-0.1, -0.05) is 0 Å². The Morgan fingerprint density at radius 1 is 1.47 bits per heavy atom. The predicted molar refractivity (Wildman–Crippen MR) is 57.9 cm³/mol. The number of hydrogen-bond donors (Lipinski definition) is 0. The van der Waals surface area contributed by atoms with Gasteiger partial charge in [0.05, 0.1) is 11.5 Å². The number of nitrogens with zero attached hydrogens (tertiary/aromatic N) is 1. The molecule has 0 amide bonds. The molecule has 0 spiro atoms. The van der Waals surface area contributed by atoms with E-state index in [-0.39, 0.29) is 82.0 Å². The number of hydrogen-bond acceptors (Lipinski definition) is 3. The molecular weight excluding hydrogens is 281 g/mol. The van der Waals surface area contributed by atoms with Gasteiger partial charge in [-0.15, -0.1) is 12.1 Å². The van der Waals surface area contributed by atoms with Crippen molar-refractivity contribution in [3.8, 4) is 0 Å². The Bertz CT molecular complexity index is 385. The number of rotatable bonds is 3. The van der Waals surface area contributed by atoms with E-state index >= 15 is 0 Å². The molecule has 0 aromatic heterocycles. The monoisotopic (exact) mass is 295 g/mol. The second-order valence-corrected chi connectivity index (χ2v) is 6.40. The molecule has 1 atom stereocenters. The fourth-order valence-corrected chi connectivity index (χ4v) is 3.26. The summed E-state index contributed by atoms with van der Waals surface area (Å²) < 4.78 is 59.3. The Hall–Kier alpha value is 1.14. The van der Waals surface area contributed by atoms with E-state index in [1.54, 1.807) is 6.92 Å². The van der Waals surface area contributed by atoms with Crippen molar-refractivity contribution in [2.24, 2.45) is 0 Å². The first-order valence-electron chi connectivity index (χ1n) is 4.94. The molecular formula is C8H14BF3KNO2S. The van der Waals surface area contributed by atoms with Crippen molar-refractivity contribution >= 4 is 16.8 Å². The van der Waals surface area contributed by atoms with Crippen LogP contribution in [0.15, 0.2) is 12.1 Å². The van der Waals surface area contributed by atoms with Crippen molar-refractivity contribution in [2.45, 2.75) is 13.0 Å². The molecule has 0 aliphatic carbocycles. The standard InChI is InChI=1S/C8H14BF3NO2S.K/c1-7(9(10,11)12)5-13-3-4-16(14,15)6-8(13)2;/h8H,1,3-6H2,2H3;/q-1;+1. The third kappa shape index (κ3) is 5.75. The van der Waals surface area contributed by atoms with Gasteiger partial charge >= 0.3 is 58.4 Å². The SMILES string of the molecule is C=C(CN1CCS(=O)(=O)CC1C)[B-](F)(F)F.[K+]. The minimum Gasteiger partial charge on any atom is -0.445 e. The molecule has 0 bridgehead atoms. The molecule has 1 aliphatic heterocycles. The van der Waals surface area contributed by atoms with Crippen LogP contribution in [0.2, 0.25) is 0 Å². The molecule has 0 radical (unpaired) electrons. The van der Waals surface area contributed by atoms with Crippen LogP contribution in [0.3, 0.4) is 0 Å². The average molecular weight is 295 g/mol. The zero-order chi connectivity index (χ0) is 12.6. The van der Waals surface area contributed by atoms with Crippen LogP contribution in [0.1, 0.15) is 6.92 Å². The largest absolute Gasteiger partial charge is 1.00 e. The van der Waals surface area contributed by atoms with Gasteiger partial charge < -0.3 is 12.9 Å². The van der Waals surface area contributed by atoms with Gasteiger partial charge in [0.2, 0.25) is 0 Å². The summed E-state index contributed by atoms with van der Waals surface area (Å²) in [4.78, 5) is 1.51. The van der Waals surface area contributed by atoms with Gasteiger partial charge in [0.25, 0.3) is 0 Å². The molecule has 3 nitrogen and oxygen atoms in total. The van der Waals surface area contributed by atoms with Crippen molar-refractivity contribution in [3.05, 3.63) is 12.1 Å². The first-order chi connectivity index (χ1) is 7.12. The van der Waals surface area contributed by atoms with Gasteiger partial charge in [-0.3, -0.25) is 4.90 Å². The van der Waals surface area contributed by atoms with Crippen molar-refractivity contribution in [3.63, 3.8) is 0 Å².